The highest BCUT2D eigenvalue weighted by Crippen LogP contribution is 2.39. The molecule has 0 amide bonds. The van der Waals surface area contributed by atoms with E-state index in [4.69, 9.17) is 4.74 Å². The second kappa shape index (κ2) is 4.91. The Balaban J connectivity index is 1.66. The van der Waals surface area contributed by atoms with E-state index in [0.717, 1.165) is 24.0 Å². The van der Waals surface area contributed by atoms with Crippen LogP contribution in [0.4, 0.5) is 0 Å². The zero-order valence-electron chi connectivity index (χ0n) is 11.4. The smallest absolute Gasteiger partial charge is 0.0900 e. The summed E-state index contributed by atoms with van der Waals surface area (Å²) in [4.78, 5) is 5.90. The van der Waals surface area contributed by atoms with Crippen LogP contribution in [-0.4, -0.2) is 23.7 Å². The van der Waals surface area contributed by atoms with Gasteiger partial charge in [0.25, 0.3) is 0 Å². The van der Waals surface area contributed by atoms with Gasteiger partial charge in [0.1, 0.15) is 0 Å². The van der Waals surface area contributed by atoms with Gasteiger partial charge in [-0.3, -0.25) is 0 Å². The molecule has 2 heterocycles. The molecule has 1 aliphatic carbocycles. The lowest BCUT2D eigenvalue weighted by Gasteiger charge is -2.23. The molecule has 3 rings (SSSR count). The normalized spacial score (nSPS) is 29.7. The number of aryl methyl sites for hydroxylation is 2. The van der Waals surface area contributed by atoms with Crippen molar-refractivity contribution in [1.82, 2.24) is 10.3 Å². The Hall–Kier alpha value is -0.450. The highest BCUT2D eigenvalue weighted by Gasteiger charge is 2.41. The summed E-state index contributed by atoms with van der Waals surface area (Å²) in [6, 6.07) is 0.929. The van der Waals surface area contributed by atoms with Crippen LogP contribution in [0.2, 0.25) is 0 Å². The third-order valence-electron chi connectivity index (χ3n) is 4.02. The lowest BCUT2D eigenvalue weighted by Crippen LogP contribution is -2.39. The van der Waals surface area contributed by atoms with Crippen molar-refractivity contribution in [2.45, 2.75) is 58.2 Å². The largest absolute Gasteiger partial charge is 0.376 e. The van der Waals surface area contributed by atoms with E-state index in [1.165, 1.54) is 23.4 Å². The molecular weight excluding hydrogens is 244 g/mol. The minimum absolute atomic E-state index is 0.393. The lowest BCUT2D eigenvalue weighted by atomic mass is 10.0. The van der Waals surface area contributed by atoms with E-state index in [2.05, 4.69) is 31.1 Å². The fraction of sp³-hybridized carbons (Fsp3) is 0.786. The number of rotatable bonds is 4. The number of nitrogens with zero attached hydrogens (tertiary/aromatic N) is 1. The van der Waals surface area contributed by atoms with E-state index in [1.54, 1.807) is 0 Å². The van der Waals surface area contributed by atoms with Crippen molar-refractivity contribution >= 4 is 11.3 Å². The van der Waals surface area contributed by atoms with Gasteiger partial charge in [0.15, 0.2) is 0 Å². The predicted octanol–water partition coefficient (Wildman–Crippen LogP) is 2.98. The van der Waals surface area contributed by atoms with Crippen molar-refractivity contribution < 1.29 is 4.74 Å². The van der Waals surface area contributed by atoms with Crippen LogP contribution in [0.5, 0.6) is 0 Å². The van der Waals surface area contributed by atoms with Crippen LogP contribution in [0.15, 0.2) is 0 Å². The quantitative estimate of drug-likeness (QED) is 0.909. The molecule has 3 nitrogen and oxygen atoms in total. The maximum absolute atomic E-state index is 5.89. The van der Waals surface area contributed by atoms with Gasteiger partial charge in [-0.05, 0) is 46.0 Å². The summed E-state index contributed by atoms with van der Waals surface area (Å²) < 4.78 is 5.89. The first kappa shape index (κ1) is 12.6. The number of hydrogen-bond acceptors (Lipinski definition) is 4. The van der Waals surface area contributed by atoms with Crippen LogP contribution >= 0.6 is 11.3 Å². The maximum Gasteiger partial charge on any atom is 0.0900 e. The second-order valence-corrected chi connectivity index (χ2v) is 6.87. The minimum Gasteiger partial charge on any atom is -0.376 e. The summed E-state index contributed by atoms with van der Waals surface area (Å²) in [5.41, 5.74) is 1.18. The molecule has 2 aliphatic rings. The number of aromatic nitrogens is 1. The molecule has 1 saturated carbocycles. The summed E-state index contributed by atoms with van der Waals surface area (Å²) in [6.07, 6.45) is 4.33. The third-order valence-corrected chi connectivity index (χ3v) is 5.27. The van der Waals surface area contributed by atoms with Gasteiger partial charge in [-0.1, -0.05) is 0 Å². The van der Waals surface area contributed by atoms with Gasteiger partial charge in [0, 0.05) is 23.6 Å². The molecule has 1 aromatic heterocycles. The second-order valence-electron chi connectivity index (χ2n) is 5.64. The molecule has 1 saturated heterocycles. The average Bonchev–Trinajstić information content (AvgIpc) is 2.97. The van der Waals surface area contributed by atoms with Crippen molar-refractivity contribution in [3.05, 3.63) is 15.6 Å². The van der Waals surface area contributed by atoms with Gasteiger partial charge in [0.05, 0.1) is 16.8 Å². The summed E-state index contributed by atoms with van der Waals surface area (Å²) in [5, 5.41) is 4.93. The van der Waals surface area contributed by atoms with E-state index in [-0.39, 0.29) is 0 Å². The molecule has 1 aliphatic heterocycles. The molecule has 1 N–H and O–H groups in total. The van der Waals surface area contributed by atoms with E-state index in [9.17, 15) is 0 Å². The van der Waals surface area contributed by atoms with Gasteiger partial charge in [0.2, 0.25) is 0 Å². The standard InChI is InChI=1S/C14H22N2OS/c1-8-14(18-10(3)15-8)9(2)16-12-6-7-17-13(12)11-4-5-11/h9,11-13,16H,4-7H2,1-3H3. The van der Waals surface area contributed by atoms with Crippen molar-refractivity contribution in [2.24, 2.45) is 5.92 Å². The highest BCUT2D eigenvalue weighted by atomic mass is 32.1. The fourth-order valence-electron chi connectivity index (χ4n) is 3.02. The first-order valence-electron chi connectivity index (χ1n) is 6.96. The molecule has 0 radical (unpaired) electrons. The van der Waals surface area contributed by atoms with Crippen LogP contribution in [0.1, 0.15) is 47.8 Å². The Labute approximate surface area is 113 Å². The average molecular weight is 266 g/mol. The highest BCUT2D eigenvalue weighted by molar-refractivity contribution is 7.11. The molecule has 2 fully saturated rings. The predicted molar refractivity (Wildman–Crippen MR) is 74.0 cm³/mol. The summed E-state index contributed by atoms with van der Waals surface area (Å²) >= 11 is 1.82. The van der Waals surface area contributed by atoms with E-state index >= 15 is 0 Å². The van der Waals surface area contributed by atoms with E-state index < -0.39 is 0 Å². The van der Waals surface area contributed by atoms with Crippen LogP contribution in [0.3, 0.4) is 0 Å². The lowest BCUT2D eigenvalue weighted by molar-refractivity contribution is 0.0793. The molecule has 18 heavy (non-hydrogen) atoms. The molecule has 3 unspecified atom stereocenters. The van der Waals surface area contributed by atoms with Gasteiger partial charge in [-0.15, -0.1) is 11.3 Å². The molecule has 0 spiro atoms. The Morgan fingerprint density at radius 2 is 2.11 bits per heavy atom. The molecule has 100 valence electrons. The van der Waals surface area contributed by atoms with Gasteiger partial charge in [-0.25, -0.2) is 4.98 Å². The number of nitrogens with one attached hydrogen (secondary N) is 1. The number of ether oxygens (including phenoxy) is 1. The molecule has 0 bridgehead atoms. The molecule has 3 atom stereocenters. The van der Waals surface area contributed by atoms with Crippen LogP contribution in [0, 0.1) is 19.8 Å². The molecule has 1 aromatic rings. The Bertz CT molecular complexity index is 427. The van der Waals surface area contributed by atoms with E-state index in [0.29, 0.717) is 18.2 Å². The van der Waals surface area contributed by atoms with Crippen molar-refractivity contribution in [3.8, 4) is 0 Å². The summed E-state index contributed by atoms with van der Waals surface area (Å²) in [7, 11) is 0. The van der Waals surface area contributed by atoms with Crippen molar-refractivity contribution in [1.29, 1.82) is 0 Å². The van der Waals surface area contributed by atoms with Gasteiger partial charge in [-0.2, -0.15) is 0 Å². The SMILES string of the molecule is Cc1nc(C)c(C(C)NC2CCOC2C2CC2)s1. The van der Waals surface area contributed by atoms with Crippen molar-refractivity contribution in [3.63, 3.8) is 0 Å². The van der Waals surface area contributed by atoms with E-state index in [1.807, 2.05) is 11.3 Å². The topological polar surface area (TPSA) is 34.2 Å². The monoisotopic (exact) mass is 266 g/mol. The Morgan fingerprint density at radius 1 is 1.33 bits per heavy atom. The van der Waals surface area contributed by atoms with Crippen LogP contribution in [0.25, 0.3) is 0 Å². The molecule has 4 heteroatoms. The third kappa shape index (κ3) is 2.46. The number of thiazole rings is 1. The Kier molecular flexibility index (Phi) is 3.43. The Morgan fingerprint density at radius 3 is 2.72 bits per heavy atom. The first-order valence-corrected chi connectivity index (χ1v) is 7.78. The van der Waals surface area contributed by atoms with Gasteiger partial charge >= 0.3 is 0 Å². The molecule has 0 aromatic carbocycles. The van der Waals surface area contributed by atoms with Crippen molar-refractivity contribution in [2.75, 3.05) is 6.61 Å². The minimum atomic E-state index is 0.393. The van der Waals surface area contributed by atoms with Gasteiger partial charge < -0.3 is 10.1 Å². The number of hydrogen-bond donors (Lipinski definition) is 1. The molecular formula is C14H22N2OS. The summed E-state index contributed by atoms with van der Waals surface area (Å²) in [6.45, 7) is 7.37. The van der Waals surface area contributed by atoms with Crippen LogP contribution in [-0.2, 0) is 4.74 Å². The van der Waals surface area contributed by atoms with Crippen LogP contribution < -0.4 is 5.32 Å². The maximum atomic E-state index is 5.89. The first-order chi connectivity index (χ1) is 8.65. The zero-order valence-corrected chi connectivity index (χ0v) is 12.2. The zero-order chi connectivity index (χ0) is 12.7. The fourth-order valence-corrected chi connectivity index (χ4v) is 3.96. The summed E-state index contributed by atoms with van der Waals surface area (Å²) in [5.74, 6) is 0.821.